The van der Waals surface area contributed by atoms with E-state index in [-0.39, 0.29) is 5.75 Å². The van der Waals surface area contributed by atoms with Gasteiger partial charge in [-0.05, 0) is 41.5 Å². The Balaban J connectivity index is 1.90. The first kappa shape index (κ1) is 18.8. The van der Waals surface area contributed by atoms with Crippen molar-refractivity contribution in [3.63, 3.8) is 0 Å². The van der Waals surface area contributed by atoms with Crippen molar-refractivity contribution in [1.82, 2.24) is 0 Å². The third kappa shape index (κ3) is 3.72. The number of aromatic hydroxyl groups is 1. The number of hydrogen-bond donors (Lipinski definition) is 1. The lowest BCUT2D eigenvalue weighted by Crippen LogP contribution is -2.36. The van der Waals surface area contributed by atoms with E-state index >= 15 is 0 Å². The SMILES string of the molecule is Oc1ccccc1-[n+]1c(-c2ccccc2)cc(-c2ccccc2)cc1-c1ccccc1. The molecule has 0 saturated heterocycles. The zero-order valence-corrected chi connectivity index (χ0v) is 17.0. The van der Waals surface area contributed by atoms with Gasteiger partial charge in [-0.3, -0.25) is 0 Å². The lowest BCUT2D eigenvalue weighted by Gasteiger charge is -2.13. The van der Waals surface area contributed by atoms with Crippen LogP contribution >= 0.6 is 0 Å². The van der Waals surface area contributed by atoms with Gasteiger partial charge in [0.1, 0.15) is 0 Å². The third-order valence-corrected chi connectivity index (χ3v) is 5.44. The summed E-state index contributed by atoms with van der Waals surface area (Å²) < 4.78 is 2.15. The first-order chi connectivity index (χ1) is 15.3. The lowest BCUT2D eigenvalue weighted by molar-refractivity contribution is -0.572. The van der Waals surface area contributed by atoms with Gasteiger partial charge < -0.3 is 5.11 Å². The second-order valence-electron chi connectivity index (χ2n) is 7.44. The van der Waals surface area contributed by atoms with Crippen molar-refractivity contribution in [3.8, 4) is 45.1 Å². The minimum absolute atomic E-state index is 0.245. The number of phenolic OH excluding ortho intramolecular Hbond substituents is 1. The summed E-state index contributed by atoms with van der Waals surface area (Å²) in [6, 6.07) is 42.9. The maximum atomic E-state index is 10.8. The molecule has 0 fully saturated rings. The minimum Gasteiger partial charge on any atom is -0.502 e. The summed E-state index contributed by atoms with van der Waals surface area (Å²) in [5.74, 6) is 0.245. The fraction of sp³-hybridized carbons (Fsp3) is 0. The monoisotopic (exact) mass is 400 g/mol. The van der Waals surface area contributed by atoms with Crippen molar-refractivity contribution in [3.05, 3.63) is 127 Å². The van der Waals surface area contributed by atoms with Crippen molar-refractivity contribution in [2.24, 2.45) is 0 Å². The molecule has 0 amide bonds. The summed E-state index contributed by atoms with van der Waals surface area (Å²) >= 11 is 0. The molecule has 0 atom stereocenters. The largest absolute Gasteiger partial charge is 0.502 e. The number of para-hydroxylation sites is 2. The van der Waals surface area contributed by atoms with Crippen molar-refractivity contribution < 1.29 is 9.67 Å². The number of benzene rings is 4. The predicted molar refractivity (Wildman–Crippen MR) is 126 cm³/mol. The molecule has 4 aromatic carbocycles. The van der Waals surface area contributed by atoms with Gasteiger partial charge in [-0.15, -0.1) is 4.57 Å². The molecular weight excluding hydrogens is 378 g/mol. The Morgan fingerprint density at radius 2 is 0.839 bits per heavy atom. The molecule has 0 saturated carbocycles. The van der Waals surface area contributed by atoms with Crippen molar-refractivity contribution in [2.75, 3.05) is 0 Å². The van der Waals surface area contributed by atoms with Crippen LogP contribution < -0.4 is 4.57 Å². The van der Waals surface area contributed by atoms with Crippen molar-refractivity contribution in [2.45, 2.75) is 0 Å². The Labute approximate surface area is 182 Å². The summed E-state index contributed by atoms with van der Waals surface area (Å²) in [6.45, 7) is 0. The Morgan fingerprint density at radius 1 is 0.419 bits per heavy atom. The second kappa shape index (κ2) is 8.29. The Bertz CT molecular complexity index is 1250. The molecule has 1 heterocycles. The fourth-order valence-electron chi connectivity index (χ4n) is 3.95. The zero-order chi connectivity index (χ0) is 21.0. The van der Waals surface area contributed by atoms with Gasteiger partial charge in [0.15, 0.2) is 5.75 Å². The van der Waals surface area contributed by atoms with E-state index in [9.17, 15) is 5.11 Å². The van der Waals surface area contributed by atoms with Gasteiger partial charge in [0, 0.05) is 29.3 Å². The van der Waals surface area contributed by atoms with E-state index in [1.807, 2.05) is 60.7 Å². The van der Waals surface area contributed by atoms with E-state index in [1.54, 1.807) is 6.07 Å². The van der Waals surface area contributed by atoms with Crippen LogP contribution in [0.15, 0.2) is 127 Å². The van der Waals surface area contributed by atoms with E-state index in [2.05, 4.69) is 65.2 Å². The molecule has 0 aliphatic rings. The van der Waals surface area contributed by atoms with Crippen LogP contribution in [0.2, 0.25) is 0 Å². The molecule has 148 valence electrons. The number of aromatic nitrogens is 1. The van der Waals surface area contributed by atoms with Gasteiger partial charge in [-0.25, -0.2) is 0 Å². The van der Waals surface area contributed by atoms with Crippen molar-refractivity contribution in [1.29, 1.82) is 0 Å². The lowest BCUT2D eigenvalue weighted by atomic mass is 9.98. The molecule has 1 N–H and O–H groups in total. The molecule has 31 heavy (non-hydrogen) atoms. The van der Waals surface area contributed by atoms with E-state index in [0.29, 0.717) is 0 Å². The van der Waals surface area contributed by atoms with Gasteiger partial charge in [-0.2, -0.15) is 0 Å². The van der Waals surface area contributed by atoms with Crippen LogP contribution in [0.3, 0.4) is 0 Å². The van der Waals surface area contributed by atoms with E-state index in [4.69, 9.17) is 0 Å². The first-order valence-corrected chi connectivity index (χ1v) is 10.4. The van der Waals surface area contributed by atoms with Crippen LogP contribution in [0.4, 0.5) is 0 Å². The highest BCUT2D eigenvalue weighted by molar-refractivity contribution is 5.74. The standard InChI is InChI=1S/C29H21NO/c31-29-19-11-10-18-26(29)30-27(23-14-6-2-7-15-23)20-25(22-12-4-1-5-13-22)21-28(30)24-16-8-3-9-17-24/h1-21H/p+1. The smallest absolute Gasteiger partial charge is 0.253 e. The van der Waals surface area contributed by atoms with Gasteiger partial charge >= 0.3 is 0 Å². The summed E-state index contributed by atoms with van der Waals surface area (Å²) in [4.78, 5) is 0. The maximum Gasteiger partial charge on any atom is 0.253 e. The van der Waals surface area contributed by atoms with Gasteiger partial charge in [-0.1, -0.05) is 78.9 Å². The Kier molecular flexibility index (Phi) is 5.04. The summed E-state index contributed by atoms with van der Waals surface area (Å²) in [6.07, 6.45) is 0. The molecule has 0 aliphatic carbocycles. The average Bonchev–Trinajstić information content (AvgIpc) is 2.85. The number of rotatable bonds is 4. The quantitative estimate of drug-likeness (QED) is 0.335. The van der Waals surface area contributed by atoms with Crippen LogP contribution in [0.5, 0.6) is 5.75 Å². The molecular formula is C29H22NO+. The number of hydrogen-bond acceptors (Lipinski definition) is 1. The van der Waals surface area contributed by atoms with E-state index in [1.165, 1.54) is 0 Å². The normalized spacial score (nSPS) is 10.7. The number of nitrogens with zero attached hydrogens (tertiary/aromatic N) is 1. The number of phenols is 1. The van der Waals surface area contributed by atoms with Crippen LogP contribution in [-0.4, -0.2) is 5.11 Å². The molecule has 0 bridgehead atoms. The zero-order valence-electron chi connectivity index (χ0n) is 17.0. The molecule has 2 nitrogen and oxygen atoms in total. The van der Waals surface area contributed by atoms with Crippen LogP contribution in [0.1, 0.15) is 0 Å². The Morgan fingerprint density at radius 3 is 1.32 bits per heavy atom. The highest BCUT2D eigenvalue weighted by Gasteiger charge is 2.26. The van der Waals surface area contributed by atoms with Crippen LogP contribution in [-0.2, 0) is 0 Å². The molecule has 0 unspecified atom stereocenters. The van der Waals surface area contributed by atoms with E-state index in [0.717, 1.165) is 39.3 Å². The van der Waals surface area contributed by atoms with Crippen LogP contribution in [0, 0.1) is 0 Å². The van der Waals surface area contributed by atoms with Crippen LogP contribution in [0.25, 0.3) is 39.3 Å². The highest BCUT2D eigenvalue weighted by Crippen LogP contribution is 2.31. The first-order valence-electron chi connectivity index (χ1n) is 10.4. The van der Waals surface area contributed by atoms with Gasteiger partial charge in [0.2, 0.25) is 11.4 Å². The molecule has 1 aromatic heterocycles. The molecule has 0 aliphatic heterocycles. The fourth-order valence-corrected chi connectivity index (χ4v) is 3.95. The summed E-state index contributed by atoms with van der Waals surface area (Å²) in [5.41, 5.74) is 7.23. The Hall–Kier alpha value is -4.17. The molecule has 5 rings (SSSR count). The molecule has 5 aromatic rings. The minimum atomic E-state index is 0.245. The van der Waals surface area contributed by atoms with Gasteiger partial charge in [0.05, 0.1) is 0 Å². The topological polar surface area (TPSA) is 24.1 Å². The molecule has 0 radical (unpaired) electrons. The number of pyridine rings is 1. The highest BCUT2D eigenvalue weighted by atomic mass is 16.3. The summed E-state index contributed by atoms with van der Waals surface area (Å²) in [5, 5.41) is 10.8. The predicted octanol–water partition coefficient (Wildman–Crippen LogP) is 6.67. The average molecular weight is 401 g/mol. The third-order valence-electron chi connectivity index (χ3n) is 5.44. The maximum absolute atomic E-state index is 10.8. The van der Waals surface area contributed by atoms with Crippen molar-refractivity contribution >= 4 is 0 Å². The van der Waals surface area contributed by atoms with E-state index < -0.39 is 0 Å². The van der Waals surface area contributed by atoms with Gasteiger partial charge in [0.25, 0.3) is 5.69 Å². The molecule has 2 heteroatoms. The molecule has 0 spiro atoms. The summed E-state index contributed by atoms with van der Waals surface area (Å²) in [7, 11) is 0. The second-order valence-corrected chi connectivity index (χ2v) is 7.44.